The van der Waals surface area contributed by atoms with Gasteiger partial charge in [0.1, 0.15) is 11.1 Å². The average molecular weight is 476 g/mol. The Bertz CT molecular complexity index is 1320. The fourth-order valence-electron chi connectivity index (χ4n) is 3.78. The van der Waals surface area contributed by atoms with Crippen molar-refractivity contribution in [3.63, 3.8) is 0 Å². The monoisotopic (exact) mass is 475 g/mol. The molecule has 2 unspecified atom stereocenters. The minimum Gasteiger partial charge on any atom is -0.344 e. The average Bonchev–Trinajstić information content (AvgIpc) is 3.00. The zero-order valence-corrected chi connectivity index (χ0v) is 19.9. The Hall–Kier alpha value is -2.95. The molecular weight excluding hydrogens is 450 g/mol. The van der Waals surface area contributed by atoms with Gasteiger partial charge >= 0.3 is 0 Å². The highest BCUT2D eigenvalue weighted by atomic mass is 35.5. The van der Waals surface area contributed by atoms with Crippen LogP contribution in [0.1, 0.15) is 12.6 Å². The first kappa shape index (κ1) is 23.7. The van der Waals surface area contributed by atoms with E-state index in [9.17, 15) is 8.42 Å². The number of hydrogen-bond acceptors (Lipinski definition) is 7. The van der Waals surface area contributed by atoms with E-state index < -0.39 is 20.8 Å². The molecule has 3 N–H and O–H groups in total. The summed E-state index contributed by atoms with van der Waals surface area (Å²) >= 11 is 0. The quantitative estimate of drug-likeness (QED) is 0.582. The molecule has 1 aliphatic rings. The van der Waals surface area contributed by atoms with E-state index in [0.29, 0.717) is 11.8 Å². The van der Waals surface area contributed by atoms with Crippen LogP contribution < -0.4 is 15.4 Å². The van der Waals surface area contributed by atoms with Gasteiger partial charge in [-0.15, -0.1) is 12.4 Å². The Morgan fingerprint density at radius 1 is 1.25 bits per heavy atom. The molecule has 0 bridgehead atoms. The summed E-state index contributed by atoms with van der Waals surface area (Å²) in [6.07, 6.45) is 8.37. The number of aromatic nitrogens is 4. The predicted octanol–water partition coefficient (Wildman–Crippen LogP) is 2.82. The molecule has 11 heteroatoms. The molecule has 0 saturated heterocycles. The van der Waals surface area contributed by atoms with Crippen LogP contribution in [-0.4, -0.2) is 46.0 Å². The predicted molar refractivity (Wildman–Crippen MR) is 130 cm³/mol. The number of aryl methyl sites for hydroxylation is 2. The molecule has 32 heavy (non-hydrogen) atoms. The normalized spacial score (nSPS) is 20.2. The van der Waals surface area contributed by atoms with Gasteiger partial charge in [0.15, 0.2) is 0 Å². The van der Waals surface area contributed by atoms with E-state index in [1.165, 1.54) is 0 Å². The first-order valence-electron chi connectivity index (χ1n) is 9.74. The van der Waals surface area contributed by atoms with Crippen LogP contribution in [0, 0.1) is 6.92 Å². The van der Waals surface area contributed by atoms with Crippen molar-refractivity contribution >= 4 is 50.8 Å². The first-order valence-corrected chi connectivity index (χ1v) is 11.4. The maximum atomic E-state index is 12.1. The van der Waals surface area contributed by atoms with Crippen LogP contribution in [0.4, 0.5) is 17.5 Å². The summed E-state index contributed by atoms with van der Waals surface area (Å²) < 4.78 is 26.0. The van der Waals surface area contributed by atoms with Crippen LogP contribution in [0.25, 0.3) is 10.9 Å². The summed E-state index contributed by atoms with van der Waals surface area (Å²) in [5, 5.41) is 13.3. The lowest BCUT2D eigenvalue weighted by Gasteiger charge is -2.34. The van der Waals surface area contributed by atoms with Crippen molar-refractivity contribution in [3.8, 4) is 0 Å². The van der Waals surface area contributed by atoms with Crippen molar-refractivity contribution < 1.29 is 8.42 Å². The molecular formula is C21H26ClN7O2S. The van der Waals surface area contributed by atoms with Gasteiger partial charge in [-0.2, -0.15) is 10.1 Å². The summed E-state index contributed by atoms with van der Waals surface area (Å²) in [6, 6.07) is 7.85. The highest BCUT2D eigenvalue weighted by Crippen LogP contribution is 2.29. The number of anilines is 3. The lowest BCUT2D eigenvalue weighted by atomic mass is 9.93. The van der Waals surface area contributed by atoms with Crippen LogP contribution in [0.3, 0.4) is 0 Å². The van der Waals surface area contributed by atoms with Gasteiger partial charge < -0.3 is 10.2 Å². The van der Waals surface area contributed by atoms with Gasteiger partial charge in [0, 0.05) is 37.1 Å². The number of benzene rings is 1. The Balaban J connectivity index is 0.00000289. The molecule has 9 nitrogen and oxygen atoms in total. The van der Waals surface area contributed by atoms with E-state index >= 15 is 0 Å². The first-order chi connectivity index (χ1) is 14.6. The summed E-state index contributed by atoms with van der Waals surface area (Å²) in [7, 11) is 0.00509. The molecule has 0 spiro atoms. The van der Waals surface area contributed by atoms with Crippen LogP contribution in [-0.2, 0) is 17.1 Å². The van der Waals surface area contributed by atoms with Crippen molar-refractivity contribution in [1.82, 2.24) is 19.7 Å². The van der Waals surface area contributed by atoms with Gasteiger partial charge in [-0.3, -0.25) is 4.68 Å². The molecule has 1 aliphatic carbocycles. The summed E-state index contributed by atoms with van der Waals surface area (Å²) in [4.78, 5) is 10.8. The van der Waals surface area contributed by atoms with Gasteiger partial charge in [-0.25, -0.2) is 18.5 Å². The molecule has 2 atom stereocenters. The minimum absolute atomic E-state index is 0. The number of sulfonamides is 1. The molecule has 1 aromatic carbocycles. The van der Waals surface area contributed by atoms with Crippen LogP contribution in [0.5, 0.6) is 0 Å². The van der Waals surface area contributed by atoms with Crippen molar-refractivity contribution in [2.75, 3.05) is 17.3 Å². The second-order valence-corrected chi connectivity index (χ2v) is 9.56. The molecule has 0 aliphatic heterocycles. The van der Waals surface area contributed by atoms with E-state index in [2.05, 4.69) is 20.4 Å². The Morgan fingerprint density at radius 3 is 2.72 bits per heavy atom. The van der Waals surface area contributed by atoms with Crippen molar-refractivity contribution in [3.05, 3.63) is 60.5 Å². The summed E-state index contributed by atoms with van der Waals surface area (Å²) in [5.74, 6) is 0.950. The summed E-state index contributed by atoms with van der Waals surface area (Å²) in [6.45, 7) is 3.78. The number of rotatable bonds is 5. The molecule has 3 aromatic rings. The lowest BCUT2D eigenvalue weighted by Crippen LogP contribution is -2.51. The number of nitrogens with two attached hydrogens (primary N) is 1. The largest absolute Gasteiger partial charge is 0.344 e. The van der Waals surface area contributed by atoms with E-state index in [1.54, 1.807) is 43.5 Å². The van der Waals surface area contributed by atoms with E-state index in [1.807, 2.05) is 48.8 Å². The SMILES string of the molecule is Cc1c2ccc(N(C)c3ccnc(NC4(C)C=CC=CC4S(N)(=O)=O)n3)cc2nn1C.Cl. The van der Waals surface area contributed by atoms with Gasteiger partial charge in [-0.05, 0) is 38.1 Å². The fourth-order valence-corrected chi connectivity index (χ4v) is 4.91. The standard InChI is InChI=1S/C21H25N7O2S.ClH/c1-14-16-9-8-15(13-17(16)26-28(14)4)27(3)19-10-12-23-20(24-19)25-21(2)11-6-5-7-18(21)31(22,29)30;/h5-13,18H,1-4H3,(H2,22,29,30)(H,23,24,25);1H. The molecule has 2 aromatic heterocycles. The van der Waals surface area contributed by atoms with Gasteiger partial charge in [0.25, 0.3) is 0 Å². The highest BCUT2D eigenvalue weighted by Gasteiger charge is 2.39. The maximum Gasteiger partial charge on any atom is 0.225 e. The minimum atomic E-state index is -3.82. The third-order valence-corrected chi connectivity index (χ3v) is 7.01. The van der Waals surface area contributed by atoms with Crippen LogP contribution in [0.15, 0.2) is 54.8 Å². The van der Waals surface area contributed by atoms with Crippen LogP contribution >= 0.6 is 12.4 Å². The third-order valence-electron chi connectivity index (χ3n) is 5.65. The van der Waals surface area contributed by atoms with E-state index in [4.69, 9.17) is 5.14 Å². The summed E-state index contributed by atoms with van der Waals surface area (Å²) in [5.41, 5.74) is 1.94. The van der Waals surface area contributed by atoms with Crippen molar-refractivity contribution in [2.45, 2.75) is 24.6 Å². The number of primary sulfonamides is 1. The number of halogens is 1. The van der Waals surface area contributed by atoms with E-state index in [-0.39, 0.29) is 12.4 Å². The third kappa shape index (κ3) is 4.34. The Morgan fingerprint density at radius 2 is 2.00 bits per heavy atom. The van der Waals surface area contributed by atoms with Gasteiger partial charge in [0.05, 0.1) is 11.1 Å². The van der Waals surface area contributed by atoms with Crippen molar-refractivity contribution in [1.29, 1.82) is 0 Å². The zero-order valence-electron chi connectivity index (χ0n) is 18.2. The van der Waals surface area contributed by atoms with Crippen LogP contribution in [0.2, 0.25) is 0 Å². The Labute approximate surface area is 193 Å². The number of fused-ring (bicyclic) bond motifs is 1. The topological polar surface area (TPSA) is 119 Å². The highest BCUT2D eigenvalue weighted by molar-refractivity contribution is 7.90. The molecule has 4 rings (SSSR count). The molecule has 2 heterocycles. The number of hydrogen-bond donors (Lipinski definition) is 2. The number of nitrogens with one attached hydrogen (secondary N) is 1. The van der Waals surface area contributed by atoms with E-state index in [0.717, 1.165) is 22.3 Å². The number of allylic oxidation sites excluding steroid dienone is 2. The maximum absolute atomic E-state index is 12.1. The van der Waals surface area contributed by atoms with Gasteiger partial charge in [0.2, 0.25) is 16.0 Å². The second-order valence-electron chi connectivity index (χ2n) is 7.87. The second kappa shape index (κ2) is 8.53. The smallest absolute Gasteiger partial charge is 0.225 e. The zero-order chi connectivity index (χ0) is 22.4. The lowest BCUT2D eigenvalue weighted by molar-refractivity contribution is 0.556. The Kier molecular flexibility index (Phi) is 6.32. The molecule has 0 saturated carbocycles. The van der Waals surface area contributed by atoms with Crippen molar-refractivity contribution in [2.24, 2.45) is 12.2 Å². The molecule has 0 radical (unpaired) electrons. The molecule has 0 fully saturated rings. The number of nitrogens with zero attached hydrogens (tertiary/aromatic N) is 5. The molecule has 0 amide bonds. The molecule has 170 valence electrons. The fraction of sp³-hybridized carbons (Fsp3) is 0.286. The van der Waals surface area contributed by atoms with Gasteiger partial charge in [-0.1, -0.05) is 24.3 Å².